The van der Waals surface area contributed by atoms with Gasteiger partial charge in [0, 0.05) is 11.1 Å². The first kappa shape index (κ1) is 15.3. The molecule has 1 amide bonds. The average Bonchev–Trinajstić information content (AvgIpc) is 2.98. The fraction of sp³-hybridized carbons (Fsp3) is 0.235. The zero-order chi connectivity index (χ0) is 15.2. The van der Waals surface area contributed by atoms with Crippen LogP contribution in [0.4, 0.5) is 0 Å². The van der Waals surface area contributed by atoms with Crippen LogP contribution in [0.25, 0.3) is 0 Å². The highest BCUT2D eigenvalue weighted by Crippen LogP contribution is 2.17. The van der Waals surface area contributed by atoms with Crippen LogP contribution in [-0.2, 0) is 0 Å². The molecule has 0 bridgehead atoms. The first-order chi connectivity index (χ1) is 10.1. The van der Waals surface area contributed by atoms with Crippen LogP contribution in [0.15, 0.2) is 35.0 Å². The summed E-state index contributed by atoms with van der Waals surface area (Å²) in [5.41, 5.74) is 8.94. The van der Waals surface area contributed by atoms with Crippen molar-refractivity contribution in [2.75, 3.05) is 6.54 Å². The van der Waals surface area contributed by atoms with E-state index in [1.165, 1.54) is 0 Å². The molecular weight excluding hydrogens is 280 g/mol. The van der Waals surface area contributed by atoms with Crippen molar-refractivity contribution in [3.05, 3.63) is 57.3 Å². The maximum atomic E-state index is 12.3. The van der Waals surface area contributed by atoms with Gasteiger partial charge in [-0.05, 0) is 60.0 Å². The third-order valence-electron chi connectivity index (χ3n) is 3.07. The summed E-state index contributed by atoms with van der Waals surface area (Å²) in [6.45, 7) is 4.24. The zero-order valence-electron chi connectivity index (χ0n) is 12.1. The van der Waals surface area contributed by atoms with Gasteiger partial charge >= 0.3 is 0 Å². The minimum absolute atomic E-state index is 0.0113. The van der Waals surface area contributed by atoms with Gasteiger partial charge in [-0.2, -0.15) is 11.3 Å². The molecule has 1 aromatic heterocycles. The first-order valence-electron chi connectivity index (χ1n) is 6.73. The molecule has 0 aliphatic heterocycles. The third kappa shape index (κ3) is 4.19. The predicted octanol–water partition coefficient (Wildman–Crippen LogP) is 2.86. The Morgan fingerprint density at radius 1 is 1.43 bits per heavy atom. The molecule has 0 fully saturated rings. The summed E-state index contributed by atoms with van der Waals surface area (Å²) in [5.74, 6) is 5.69. The molecule has 1 aromatic carbocycles. The monoisotopic (exact) mass is 298 g/mol. The van der Waals surface area contributed by atoms with Crippen LogP contribution in [0.3, 0.4) is 0 Å². The molecular formula is C17H18N2OS. The molecule has 0 spiro atoms. The van der Waals surface area contributed by atoms with Gasteiger partial charge in [0.15, 0.2) is 0 Å². The molecule has 3 N–H and O–H groups in total. The highest BCUT2D eigenvalue weighted by molar-refractivity contribution is 7.07. The number of nitrogens with two attached hydrogens (primary N) is 1. The smallest absolute Gasteiger partial charge is 0.251 e. The van der Waals surface area contributed by atoms with Crippen LogP contribution < -0.4 is 11.1 Å². The number of benzene rings is 1. The Morgan fingerprint density at radius 2 is 2.24 bits per heavy atom. The number of thiophene rings is 1. The highest BCUT2D eigenvalue weighted by Gasteiger charge is 2.12. The van der Waals surface area contributed by atoms with E-state index in [-0.39, 0.29) is 11.9 Å². The highest BCUT2D eigenvalue weighted by atomic mass is 32.1. The van der Waals surface area contributed by atoms with Crippen molar-refractivity contribution in [3.8, 4) is 11.8 Å². The predicted molar refractivity (Wildman–Crippen MR) is 87.3 cm³/mol. The van der Waals surface area contributed by atoms with E-state index in [9.17, 15) is 4.79 Å². The molecule has 4 heteroatoms. The molecule has 21 heavy (non-hydrogen) atoms. The van der Waals surface area contributed by atoms with Crippen LogP contribution in [0.1, 0.15) is 40.0 Å². The lowest BCUT2D eigenvalue weighted by atomic mass is 10.1. The maximum absolute atomic E-state index is 12.3. The Labute approximate surface area is 129 Å². The summed E-state index contributed by atoms with van der Waals surface area (Å²) in [7, 11) is 0. The summed E-state index contributed by atoms with van der Waals surface area (Å²) in [5, 5.41) is 7.05. The van der Waals surface area contributed by atoms with Crippen molar-refractivity contribution in [2.45, 2.75) is 19.9 Å². The lowest BCUT2D eigenvalue weighted by molar-refractivity contribution is 0.0940. The van der Waals surface area contributed by atoms with Crippen LogP contribution in [0.2, 0.25) is 0 Å². The molecule has 1 atom stereocenters. The molecule has 1 unspecified atom stereocenters. The van der Waals surface area contributed by atoms with Gasteiger partial charge in [-0.3, -0.25) is 4.79 Å². The maximum Gasteiger partial charge on any atom is 0.251 e. The average molecular weight is 298 g/mol. The fourth-order valence-corrected chi connectivity index (χ4v) is 2.78. The van der Waals surface area contributed by atoms with E-state index < -0.39 is 0 Å². The van der Waals surface area contributed by atoms with Crippen molar-refractivity contribution < 1.29 is 4.79 Å². The summed E-state index contributed by atoms with van der Waals surface area (Å²) in [4.78, 5) is 12.3. The van der Waals surface area contributed by atoms with E-state index in [0.29, 0.717) is 12.1 Å². The van der Waals surface area contributed by atoms with E-state index in [0.717, 1.165) is 16.7 Å². The number of rotatable bonds is 3. The Kier molecular flexibility index (Phi) is 5.15. The van der Waals surface area contributed by atoms with Crippen LogP contribution in [-0.4, -0.2) is 12.5 Å². The number of carbonyl (C=O) groups is 1. The molecule has 1 heterocycles. The third-order valence-corrected chi connectivity index (χ3v) is 3.77. The topological polar surface area (TPSA) is 55.1 Å². The van der Waals surface area contributed by atoms with E-state index in [1.54, 1.807) is 17.4 Å². The van der Waals surface area contributed by atoms with Gasteiger partial charge in [-0.1, -0.05) is 11.8 Å². The second kappa shape index (κ2) is 7.07. The summed E-state index contributed by atoms with van der Waals surface area (Å²) < 4.78 is 0. The minimum Gasteiger partial charge on any atom is -0.345 e. The fourth-order valence-electron chi connectivity index (χ4n) is 2.02. The lowest BCUT2D eigenvalue weighted by Gasteiger charge is -2.13. The van der Waals surface area contributed by atoms with Gasteiger partial charge in [0.25, 0.3) is 5.91 Å². The van der Waals surface area contributed by atoms with Crippen molar-refractivity contribution in [1.29, 1.82) is 0 Å². The van der Waals surface area contributed by atoms with Gasteiger partial charge in [0.05, 0.1) is 12.6 Å². The molecule has 108 valence electrons. The molecule has 0 aliphatic rings. The molecule has 0 saturated carbocycles. The number of hydrogen-bond donors (Lipinski definition) is 2. The van der Waals surface area contributed by atoms with E-state index in [2.05, 4.69) is 17.2 Å². The number of carbonyl (C=O) groups excluding carboxylic acids is 1. The Morgan fingerprint density at radius 3 is 2.90 bits per heavy atom. The van der Waals surface area contributed by atoms with Gasteiger partial charge in [0.1, 0.15) is 0 Å². The zero-order valence-corrected chi connectivity index (χ0v) is 13.0. The summed E-state index contributed by atoms with van der Waals surface area (Å²) >= 11 is 1.62. The lowest BCUT2D eigenvalue weighted by Crippen LogP contribution is -2.26. The Balaban J connectivity index is 2.17. The summed E-state index contributed by atoms with van der Waals surface area (Å²) in [6, 6.07) is 7.61. The van der Waals surface area contributed by atoms with Gasteiger partial charge in [0.2, 0.25) is 0 Å². The molecule has 2 rings (SSSR count). The van der Waals surface area contributed by atoms with Gasteiger partial charge < -0.3 is 11.1 Å². The van der Waals surface area contributed by atoms with Crippen LogP contribution in [0.5, 0.6) is 0 Å². The first-order valence-corrected chi connectivity index (χ1v) is 7.68. The minimum atomic E-state index is -0.0896. The van der Waals surface area contributed by atoms with Crippen molar-refractivity contribution in [1.82, 2.24) is 5.32 Å². The number of aryl methyl sites for hydroxylation is 1. The SMILES string of the molecule is Cc1cc(C#CCN)cc(C(=O)NC(C)c2ccsc2)c1. The molecule has 0 radical (unpaired) electrons. The summed E-state index contributed by atoms with van der Waals surface area (Å²) in [6.07, 6.45) is 0. The van der Waals surface area contributed by atoms with Crippen molar-refractivity contribution in [2.24, 2.45) is 5.73 Å². The van der Waals surface area contributed by atoms with E-state index in [1.807, 2.05) is 42.8 Å². The Hall–Kier alpha value is -2.09. The van der Waals surface area contributed by atoms with Gasteiger partial charge in [-0.25, -0.2) is 0 Å². The molecule has 3 nitrogen and oxygen atoms in total. The second-order valence-corrected chi connectivity index (χ2v) is 5.63. The molecule has 0 saturated heterocycles. The van der Waals surface area contributed by atoms with Crippen molar-refractivity contribution >= 4 is 17.2 Å². The van der Waals surface area contributed by atoms with Gasteiger partial charge in [-0.15, -0.1) is 0 Å². The van der Waals surface area contributed by atoms with Crippen LogP contribution >= 0.6 is 11.3 Å². The largest absolute Gasteiger partial charge is 0.345 e. The molecule has 0 aliphatic carbocycles. The Bertz CT molecular complexity index is 681. The number of amides is 1. The van der Waals surface area contributed by atoms with Crippen LogP contribution in [0, 0.1) is 18.8 Å². The quantitative estimate of drug-likeness (QED) is 0.856. The molecule has 2 aromatic rings. The normalized spacial score (nSPS) is 11.4. The van der Waals surface area contributed by atoms with Crippen molar-refractivity contribution in [3.63, 3.8) is 0 Å². The van der Waals surface area contributed by atoms with E-state index >= 15 is 0 Å². The van der Waals surface area contributed by atoms with E-state index in [4.69, 9.17) is 5.73 Å². The number of hydrogen-bond acceptors (Lipinski definition) is 3. The standard InChI is InChI=1S/C17H18N2OS/c1-12-8-14(4-3-6-18)10-16(9-12)17(20)19-13(2)15-5-7-21-11-15/h5,7-11,13H,6,18H2,1-2H3,(H,19,20). The second-order valence-electron chi connectivity index (χ2n) is 4.85. The number of nitrogens with one attached hydrogen (secondary N) is 1.